The van der Waals surface area contributed by atoms with Gasteiger partial charge in [0.25, 0.3) is 8.32 Å². The third kappa shape index (κ3) is 3.58. The van der Waals surface area contributed by atoms with Crippen molar-refractivity contribution in [1.82, 2.24) is 4.90 Å². The van der Waals surface area contributed by atoms with Gasteiger partial charge >= 0.3 is 0 Å². The lowest BCUT2D eigenvalue weighted by molar-refractivity contribution is -0.0400. The van der Waals surface area contributed by atoms with Crippen LogP contribution in [-0.4, -0.2) is 45.0 Å². The van der Waals surface area contributed by atoms with Gasteiger partial charge in [-0.2, -0.15) is 5.26 Å². The number of likely N-dealkylation sites (tertiary alicyclic amines) is 1. The van der Waals surface area contributed by atoms with Gasteiger partial charge in [0.1, 0.15) is 0 Å². The highest BCUT2D eigenvalue weighted by molar-refractivity contribution is 6.99. The normalized spacial score (nSPS) is 17.1. The van der Waals surface area contributed by atoms with Crippen LogP contribution in [0.4, 0.5) is 0 Å². The van der Waals surface area contributed by atoms with Gasteiger partial charge < -0.3 is 10.2 Å². The van der Waals surface area contributed by atoms with Crippen LogP contribution in [0.25, 0.3) is 0 Å². The summed E-state index contributed by atoms with van der Waals surface area (Å²) in [5, 5.41) is 12.3. The van der Waals surface area contributed by atoms with Gasteiger partial charge in [0.2, 0.25) is 0 Å². The Labute approximate surface area is 163 Å². The van der Waals surface area contributed by atoms with E-state index in [4.69, 9.17) is 10.2 Å². The van der Waals surface area contributed by atoms with Gasteiger partial charge in [0.15, 0.2) is 5.60 Å². The minimum Gasteiger partial charge on any atom is -0.387 e. The first kappa shape index (κ1) is 19.8. The third-order valence-electron chi connectivity index (χ3n) is 5.37. The number of hydrogen-bond acceptors (Lipinski definition) is 4. The molecule has 1 fully saturated rings. The molecule has 2 N–H and O–H groups in total. The van der Waals surface area contributed by atoms with E-state index in [1.54, 1.807) is 0 Å². The molecule has 2 aromatic carbocycles. The molecule has 142 valence electrons. The topological polar surface area (TPSA) is 62.3 Å². The smallest absolute Gasteiger partial charge is 0.263 e. The molecule has 0 aliphatic carbocycles. The van der Waals surface area contributed by atoms with Crippen molar-refractivity contribution < 1.29 is 4.43 Å². The summed E-state index contributed by atoms with van der Waals surface area (Å²) in [6.45, 7) is 9.34. The third-order valence-corrected chi connectivity index (χ3v) is 10.5. The summed E-state index contributed by atoms with van der Waals surface area (Å²) >= 11 is 0. The molecule has 0 aromatic heterocycles. The van der Waals surface area contributed by atoms with Gasteiger partial charge in [-0.3, -0.25) is 4.90 Å². The van der Waals surface area contributed by atoms with Crippen LogP contribution in [0.5, 0.6) is 0 Å². The van der Waals surface area contributed by atoms with E-state index in [1.807, 2.05) is 12.1 Å². The lowest BCUT2D eigenvalue weighted by Gasteiger charge is -2.53. The van der Waals surface area contributed by atoms with Crippen LogP contribution in [0, 0.1) is 11.3 Å². The monoisotopic (exact) mass is 379 g/mol. The second-order valence-corrected chi connectivity index (χ2v) is 12.6. The van der Waals surface area contributed by atoms with Crippen molar-refractivity contribution in [2.45, 2.75) is 31.4 Å². The number of rotatable bonds is 6. The quantitative estimate of drug-likeness (QED) is 0.781. The Hall–Kier alpha value is -1.97. The van der Waals surface area contributed by atoms with Gasteiger partial charge in [-0.1, -0.05) is 81.4 Å². The van der Waals surface area contributed by atoms with Crippen molar-refractivity contribution in [3.8, 4) is 6.07 Å². The van der Waals surface area contributed by atoms with E-state index in [-0.39, 0.29) is 5.04 Å². The molecule has 0 bridgehead atoms. The summed E-state index contributed by atoms with van der Waals surface area (Å²) in [5.41, 5.74) is 4.91. The molecule has 0 atom stereocenters. The molecule has 0 unspecified atom stereocenters. The Bertz CT molecular complexity index is 750. The molecule has 0 radical (unpaired) electrons. The van der Waals surface area contributed by atoms with Crippen LogP contribution in [0.1, 0.15) is 20.8 Å². The average Bonchev–Trinajstić information content (AvgIpc) is 2.64. The minimum atomic E-state index is -2.71. The predicted octanol–water partition coefficient (Wildman–Crippen LogP) is 2.10. The van der Waals surface area contributed by atoms with Crippen molar-refractivity contribution in [1.29, 1.82) is 5.26 Å². The summed E-state index contributed by atoms with van der Waals surface area (Å²) in [4.78, 5) is 2.20. The maximum atomic E-state index is 10.0. The fraction of sp³-hybridized carbons (Fsp3) is 0.409. The fourth-order valence-electron chi connectivity index (χ4n) is 4.12. The van der Waals surface area contributed by atoms with Crippen LogP contribution in [0.15, 0.2) is 60.7 Å². The number of hydrogen-bond donors (Lipinski definition) is 1. The largest absolute Gasteiger partial charge is 0.387 e. The Kier molecular flexibility index (Phi) is 5.54. The van der Waals surface area contributed by atoms with Gasteiger partial charge in [-0.05, 0) is 15.4 Å². The molecular weight excluding hydrogens is 350 g/mol. The predicted molar refractivity (Wildman–Crippen MR) is 113 cm³/mol. The summed E-state index contributed by atoms with van der Waals surface area (Å²) in [5.74, 6) is 0. The first-order chi connectivity index (χ1) is 12.9. The molecular formula is C22H29N3OSi. The van der Waals surface area contributed by atoms with Crippen LogP contribution >= 0.6 is 0 Å². The second kappa shape index (κ2) is 7.57. The van der Waals surface area contributed by atoms with E-state index in [1.165, 1.54) is 10.4 Å². The second-order valence-electron chi connectivity index (χ2n) is 8.37. The Balaban J connectivity index is 2.12. The molecule has 3 rings (SSSR count). The summed E-state index contributed by atoms with van der Waals surface area (Å²) in [6.07, 6.45) is 0. The van der Waals surface area contributed by atoms with Crippen LogP contribution in [0.3, 0.4) is 0 Å². The first-order valence-corrected chi connectivity index (χ1v) is 11.4. The maximum absolute atomic E-state index is 10.0. The molecule has 27 heavy (non-hydrogen) atoms. The van der Waals surface area contributed by atoms with Crippen molar-refractivity contribution in [2.24, 2.45) is 5.73 Å². The van der Waals surface area contributed by atoms with Crippen LogP contribution in [0.2, 0.25) is 5.04 Å². The average molecular weight is 380 g/mol. The van der Waals surface area contributed by atoms with Crippen molar-refractivity contribution in [3.05, 3.63) is 60.7 Å². The van der Waals surface area contributed by atoms with E-state index >= 15 is 0 Å². The Morgan fingerprint density at radius 2 is 1.52 bits per heavy atom. The standard InChI is InChI=1S/C22H29N3OSi/c1-21(2,3)27(19-10-6-4-7-11-19,20-12-8-5-9-13-20)26-22(16-24)17-25(18-22)15-14-23/h4-13H,14-15,17-18,23H2,1-3H3. The van der Waals surface area contributed by atoms with Gasteiger partial charge in [0.05, 0.1) is 6.07 Å². The number of nitrogens with two attached hydrogens (primary N) is 1. The molecule has 4 nitrogen and oxygen atoms in total. The fourth-order valence-corrected chi connectivity index (χ4v) is 8.81. The zero-order chi connectivity index (χ0) is 19.5. The minimum absolute atomic E-state index is 0.131. The molecule has 1 aliphatic rings. The molecule has 2 aromatic rings. The van der Waals surface area contributed by atoms with Gasteiger partial charge in [-0.25, -0.2) is 0 Å². The van der Waals surface area contributed by atoms with Crippen LogP contribution in [-0.2, 0) is 4.43 Å². The van der Waals surface area contributed by atoms with E-state index in [9.17, 15) is 5.26 Å². The van der Waals surface area contributed by atoms with E-state index < -0.39 is 13.9 Å². The van der Waals surface area contributed by atoms with Crippen LogP contribution < -0.4 is 16.1 Å². The van der Waals surface area contributed by atoms with Gasteiger partial charge in [0, 0.05) is 26.2 Å². The van der Waals surface area contributed by atoms with E-state index in [0.717, 1.165) is 6.54 Å². The number of nitriles is 1. The highest BCUT2D eigenvalue weighted by atomic mass is 28.4. The van der Waals surface area contributed by atoms with E-state index in [2.05, 4.69) is 80.3 Å². The lowest BCUT2D eigenvalue weighted by Crippen LogP contribution is -2.75. The van der Waals surface area contributed by atoms with Gasteiger partial charge in [-0.15, -0.1) is 0 Å². The van der Waals surface area contributed by atoms with E-state index in [0.29, 0.717) is 19.6 Å². The molecule has 1 heterocycles. The summed E-state index contributed by atoms with van der Waals surface area (Å²) in [7, 11) is -2.71. The highest BCUT2D eigenvalue weighted by Crippen LogP contribution is 2.41. The zero-order valence-electron chi connectivity index (χ0n) is 16.5. The van der Waals surface area contributed by atoms with Crippen molar-refractivity contribution >= 4 is 18.7 Å². The SMILES string of the molecule is CC(C)(C)[Si](OC1(C#N)CN(CCN)C1)(c1ccccc1)c1ccccc1. The Morgan fingerprint density at radius 1 is 1.04 bits per heavy atom. The molecule has 1 aliphatic heterocycles. The molecule has 1 saturated heterocycles. The number of nitrogens with zero attached hydrogens (tertiary/aromatic N) is 2. The highest BCUT2D eigenvalue weighted by Gasteiger charge is 2.57. The summed E-state index contributed by atoms with van der Waals surface area (Å²) in [6, 6.07) is 23.5. The van der Waals surface area contributed by atoms with Crippen molar-refractivity contribution in [2.75, 3.05) is 26.2 Å². The zero-order valence-corrected chi connectivity index (χ0v) is 17.5. The summed E-state index contributed by atoms with van der Waals surface area (Å²) < 4.78 is 7.02. The molecule has 0 amide bonds. The first-order valence-electron chi connectivity index (χ1n) is 9.52. The molecule has 0 spiro atoms. The maximum Gasteiger partial charge on any atom is 0.263 e. The lowest BCUT2D eigenvalue weighted by atomic mass is 9.96. The number of benzene rings is 2. The van der Waals surface area contributed by atoms with Crippen molar-refractivity contribution in [3.63, 3.8) is 0 Å². The molecule has 0 saturated carbocycles. The Morgan fingerprint density at radius 3 is 1.89 bits per heavy atom. The molecule has 5 heteroatoms.